The molecule has 0 saturated carbocycles. The number of alkyl carbamates (subject to hydrolysis) is 1. The number of anilines is 1. The molecule has 1 aromatic carbocycles. The van der Waals surface area contributed by atoms with Gasteiger partial charge in [-0.1, -0.05) is 12.1 Å². The van der Waals surface area contributed by atoms with Crippen molar-refractivity contribution in [2.24, 2.45) is 0 Å². The average Bonchev–Trinajstić information content (AvgIpc) is 2.95. The van der Waals surface area contributed by atoms with Gasteiger partial charge >= 0.3 is 6.09 Å². The summed E-state index contributed by atoms with van der Waals surface area (Å²) in [4.78, 5) is 24.3. The molecule has 0 saturated heterocycles. The smallest absolute Gasteiger partial charge is 0.408 e. The lowest BCUT2D eigenvalue weighted by atomic mass is 10.0. The molecule has 1 aliphatic rings. The van der Waals surface area contributed by atoms with Crippen molar-refractivity contribution in [3.05, 3.63) is 41.6 Å². The quantitative estimate of drug-likeness (QED) is 0.803. The molecule has 0 unspecified atom stereocenters. The number of hydroxylamine groups is 1. The standard InChI is InChI=1S/C18H22N4O4/c1-11-6-5-7-13(8-11)21-10-12-9-14(16(23)22(25)15(12)20-21)19-17(24)26-18(2,3)4/h5-8,10,14,25H,9H2,1-4H3,(H,19,24)/t14-/m0/s1. The summed E-state index contributed by atoms with van der Waals surface area (Å²) in [6.45, 7) is 7.17. The van der Waals surface area contributed by atoms with Crippen molar-refractivity contribution in [2.75, 3.05) is 5.06 Å². The molecule has 2 heterocycles. The molecule has 2 amide bonds. The molecule has 0 fully saturated rings. The van der Waals surface area contributed by atoms with Gasteiger partial charge in [-0.25, -0.2) is 9.48 Å². The molecule has 0 spiro atoms. The maximum Gasteiger partial charge on any atom is 0.408 e. The van der Waals surface area contributed by atoms with Crippen LogP contribution in [-0.4, -0.2) is 38.6 Å². The Morgan fingerprint density at radius 3 is 2.77 bits per heavy atom. The van der Waals surface area contributed by atoms with Crippen LogP contribution in [0, 0.1) is 6.92 Å². The van der Waals surface area contributed by atoms with Crippen molar-refractivity contribution in [1.82, 2.24) is 15.1 Å². The van der Waals surface area contributed by atoms with Gasteiger partial charge in [-0.2, -0.15) is 5.06 Å². The molecule has 2 aromatic rings. The third-order valence-corrected chi connectivity index (χ3v) is 3.86. The highest BCUT2D eigenvalue weighted by Crippen LogP contribution is 2.27. The van der Waals surface area contributed by atoms with Gasteiger partial charge in [0, 0.05) is 18.2 Å². The number of amides is 2. The van der Waals surface area contributed by atoms with Gasteiger partial charge in [0.2, 0.25) is 0 Å². The minimum absolute atomic E-state index is 0.166. The molecule has 1 aromatic heterocycles. The normalized spacial score (nSPS) is 17.0. The van der Waals surface area contributed by atoms with E-state index >= 15 is 0 Å². The SMILES string of the molecule is Cc1cccc(-n2cc3c(n2)N(O)C(=O)[C@@H](NC(=O)OC(C)(C)C)C3)c1. The highest BCUT2D eigenvalue weighted by molar-refractivity contribution is 5.98. The first kappa shape index (κ1) is 17.9. The molecule has 2 N–H and O–H groups in total. The first-order valence-electron chi connectivity index (χ1n) is 8.32. The number of aromatic nitrogens is 2. The molecule has 3 rings (SSSR count). The van der Waals surface area contributed by atoms with Crippen molar-refractivity contribution in [3.8, 4) is 5.69 Å². The second kappa shape index (κ2) is 6.45. The third kappa shape index (κ3) is 3.70. The fourth-order valence-corrected chi connectivity index (χ4v) is 2.75. The first-order chi connectivity index (χ1) is 12.1. The number of nitrogens with zero attached hydrogens (tertiary/aromatic N) is 3. The van der Waals surface area contributed by atoms with Crippen LogP contribution in [0.1, 0.15) is 31.9 Å². The Hall–Kier alpha value is -2.87. The second-order valence-electron chi connectivity index (χ2n) is 7.31. The van der Waals surface area contributed by atoms with Crippen LogP contribution >= 0.6 is 0 Å². The van der Waals surface area contributed by atoms with Gasteiger partial charge in [0.1, 0.15) is 11.6 Å². The Labute approximate surface area is 151 Å². The Kier molecular flexibility index (Phi) is 4.45. The Bertz CT molecular complexity index is 853. The van der Waals surface area contributed by atoms with Gasteiger partial charge in [0.25, 0.3) is 5.91 Å². The van der Waals surface area contributed by atoms with E-state index in [9.17, 15) is 14.8 Å². The summed E-state index contributed by atoms with van der Waals surface area (Å²) >= 11 is 0. The van der Waals surface area contributed by atoms with E-state index < -0.39 is 23.6 Å². The number of nitrogens with one attached hydrogen (secondary N) is 1. The molecule has 0 aliphatic carbocycles. The van der Waals surface area contributed by atoms with Gasteiger partial charge in [-0.3, -0.25) is 10.0 Å². The van der Waals surface area contributed by atoms with Gasteiger partial charge in [-0.15, -0.1) is 5.10 Å². The van der Waals surface area contributed by atoms with Crippen LogP contribution in [-0.2, 0) is 16.0 Å². The van der Waals surface area contributed by atoms with E-state index in [1.54, 1.807) is 31.6 Å². The highest BCUT2D eigenvalue weighted by Gasteiger charge is 2.36. The van der Waals surface area contributed by atoms with E-state index in [1.165, 1.54) is 0 Å². The summed E-state index contributed by atoms with van der Waals surface area (Å²) in [5, 5.41) is 17.5. The largest absolute Gasteiger partial charge is 0.444 e. The summed E-state index contributed by atoms with van der Waals surface area (Å²) in [6.07, 6.45) is 1.25. The zero-order valence-corrected chi connectivity index (χ0v) is 15.2. The Balaban J connectivity index is 1.83. The number of hydrogen-bond acceptors (Lipinski definition) is 5. The molecule has 0 radical (unpaired) electrons. The first-order valence-corrected chi connectivity index (χ1v) is 8.32. The fraction of sp³-hybridized carbons (Fsp3) is 0.389. The van der Waals surface area contributed by atoms with Crippen molar-refractivity contribution in [1.29, 1.82) is 0 Å². The average molecular weight is 358 g/mol. The molecular weight excluding hydrogens is 336 g/mol. The predicted octanol–water partition coefficient (Wildman–Crippen LogP) is 2.35. The molecule has 1 aliphatic heterocycles. The summed E-state index contributed by atoms with van der Waals surface area (Å²) in [5.41, 5.74) is 1.85. The van der Waals surface area contributed by atoms with E-state index in [4.69, 9.17) is 4.74 Å². The predicted molar refractivity (Wildman–Crippen MR) is 94.4 cm³/mol. The van der Waals surface area contributed by atoms with Gasteiger partial charge in [0.05, 0.1) is 5.69 Å². The van der Waals surface area contributed by atoms with E-state index in [1.807, 2.05) is 31.2 Å². The molecule has 0 bridgehead atoms. The summed E-state index contributed by atoms with van der Waals surface area (Å²) in [5.74, 6) is -0.489. The number of carbonyl (C=O) groups excluding carboxylic acids is 2. The number of fused-ring (bicyclic) bond motifs is 1. The maximum absolute atomic E-state index is 12.3. The van der Waals surface area contributed by atoms with E-state index in [0.717, 1.165) is 11.3 Å². The van der Waals surface area contributed by atoms with E-state index in [2.05, 4.69) is 10.4 Å². The molecule has 1 atom stereocenters. The topological polar surface area (TPSA) is 96.7 Å². The van der Waals surface area contributed by atoms with Crippen LogP contribution in [0.2, 0.25) is 0 Å². The maximum atomic E-state index is 12.3. The lowest BCUT2D eigenvalue weighted by Gasteiger charge is -2.28. The van der Waals surface area contributed by atoms with Crippen molar-refractivity contribution in [2.45, 2.75) is 45.8 Å². The third-order valence-electron chi connectivity index (χ3n) is 3.86. The fourth-order valence-electron chi connectivity index (χ4n) is 2.75. The molecule has 138 valence electrons. The lowest BCUT2D eigenvalue weighted by molar-refractivity contribution is -0.126. The molecule has 26 heavy (non-hydrogen) atoms. The molecule has 8 nitrogen and oxygen atoms in total. The van der Waals surface area contributed by atoms with Gasteiger partial charge < -0.3 is 10.1 Å². The van der Waals surface area contributed by atoms with Crippen LogP contribution in [0.15, 0.2) is 30.5 Å². The monoisotopic (exact) mass is 358 g/mol. The highest BCUT2D eigenvalue weighted by atomic mass is 16.6. The minimum Gasteiger partial charge on any atom is -0.444 e. The lowest BCUT2D eigenvalue weighted by Crippen LogP contribution is -2.52. The van der Waals surface area contributed by atoms with E-state index in [0.29, 0.717) is 10.6 Å². The number of hydrogen-bond donors (Lipinski definition) is 2. The van der Waals surface area contributed by atoms with Gasteiger partial charge in [-0.05, 0) is 45.4 Å². The van der Waals surface area contributed by atoms with Crippen molar-refractivity contribution in [3.63, 3.8) is 0 Å². The Morgan fingerprint density at radius 1 is 1.38 bits per heavy atom. The van der Waals surface area contributed by atoms with Gasteiger partial charge in [0.15, 0.2) is 5.82 Å². The summed E-state index contributed by atoms with van der Waals surface area (Å²) < 4.78 is 6.78. The number of aryl methyl sites for hydroxylation is 1. The van der Waals surface area contributed by atoms with Crippen LogP contribution in [0.3, 0.4) is 0 Å². The summed E-state index contributed by atoms with van der Waals surface area (Å²) in [6, 6.07) is 6.77. The minimum atomic E-state index is -0.919. The van der Waals surface area contributed by atoms with Crippen LogP contribution < -0.4 is 10.4 Å². The van der Waals surface area contributed by atoms with Crippen LogP contribution in [0.4, 0.5) is 10.6 Å². The second-order valence-corrected chi connectivity index (χ2v) is 7.31. The zero-order valence-electron chi connectivity index (χ0n) is 15.2. The summed E-state index contributed by atoms with van der Waals surface area (Å²) in [7, 11) is 0. The van der Waals surface area contributed by atoms with Crippen molar-refractivity contribution < 1.29 is 19.5 Å². The van der Waals surface area contributed by atoms with Crippen LogP contribution in [0.25, 0.3) is 5.69 Å². The number of rotatable bonds is 2. The number of benzene rings is 1. The van der Waals surface area contributed by atoms with E-state index in [-0.39, 0.29) is 12.2 Å². The molecular formula is C18H22N4O4. The Morgan fingerprint density at radius 2 is 2.12 bits per heavy atom. The number of carbonyl (C=O) groups is 2. The molecule has 8 heteroatoms. The van der Waals surface area contributed by atoms with Crippen LogP contribution in [0.5, 0.6) is 0 Å². The zero-order chi connectivity index (χ0) is 19.1. The number of ether oxygens (including phenoxy) is 1. The van der Waals surface area contributed by atoms with Crippen molar-refractivity contribution >= 4 is 17.8 Å².